The van der Waals surface area contributed by atoms with Gasteiger partial charge in [0.25, 0.3) is 0 Å². The fraction of sp³-hybridized carbons (Fsp3) is 0.333. The van der Waals surface area contributed by atoms with Crippen molar-refractivity contribution in [2.24, 2.45) is 0 Å². The first-order valence-electron chi connectivity index (χ1n) is 8.28. The third-order valence-electron chi connectivity index (χ3n) is 4.22. The van der Waals surface area contributed by atoms with Gasteiger partial charge in [-0.05, 0) is 24.3 Å². The van der Waals surface area contributed by atoms with Gasteiger partial charge in [0.1, 0.15) is 0 Å². The smallest absolute Gasteiger partial charge is 0.0898 e. The number of ether oxygens (including phenoxy) is 1. The fourth-order valence-electron chi connectivity index (χ4n) is 3.05. The van der Waals surface area contributed by atoms with Crippen LogP contribution < -0.4 is 0 Å². The lowest BCUT2D eigenvalue weighted by Crippen LogP contribution is -2.43. The molecule has 6 heteroatoms. The largest absolute Gasteiger partial charge is 0.374 e. The van der Waals surface area contributed by atoms with Crippen LogP contribution in [0.25, 0.3) is 5.69 Å². The van der Waals surface area contributed by atoms with E-state index < -0.39 is 0 Å². The van der Waals surface area contributed by atoms with E-state index in [0.717, 1.165) is 44.2 Å². The number of hydrogen-bond donors (Lipinski definition) is 0. The molecule has 0 spiro atoms. The van der Waals surface area contributed by atoms with Crippen molar-refractivity contribution in [2.75, 3.05) is 19.7 Å². The van der Waals surface area contributed by atoms with Crippen LogP contribution in [0, 0.1) is 0 Å². The third-order valence-corrected chi connectivity index (χ3v) is 4.22. The van der Waals surface area contributed by atoms with E-state index in [9.17, 15) is 0 Å². The summed E-state index contributed by atoms with van der Waals surface area (Å²) in [4.78, 5) is 2.40. The number of morpholine rings is 1. The van der Waals surface area contributed by atoms with Gasteiger partial charge in [0, 0.05) is 38.2 Å². The van der Waals surface area contributed by atoms with Crippen molar-refractivity contribution in [1.82, 2.24) is 24.5 Å². The zero-order valence-electron chi connectivity index (χ0n) is 13.5. The Morgan fingerprint density at radius 3 is 2.83 bits per heavy atom. The number of hydrogen-bond acceptors (Lipinski definition) is 4. The predicted molar refractivity (Wildman–Crippen MR) is 90.8 cm³/mol. The van der Waals surface area contributed by atoms with E-state index in [2.05, 4.69) is 28.2 Å². The molecule has 3 heterocycles. The summed E-state index contributed by atoms with van der Waals surface area (Å²) in [6.45, 7) is 4.23. The monoisotopic (exact) mass is 323 g/mol. The third kappa shape index (κ3) is 3.55. The minimum absolute atomic E-state index is 0.176. The van der Waals surface area contributed by atoms with Gasteiger partial charge in [0.2, 0.25) is 0 Å². The Morgan fingerprint density at radius 1 is 1.08 bits per heavy atom. The minimum atomic E-state index is 0.176. The van der Waals surface area contributed by atoms with Crippen LogP contribution in [-0.2, 0) is 17.8 Å². The van der Waals surface area contributed by atoms with E-state index in [1.807, 2.05) is 46.0 Å². The highest BCUT2D eigenvalue weighted by Gasteiger charge is 2.21. The Bertz CT molecular complexity index is 753. The van der Waals surface area contributed by atoms with Gasteiger partial charge in [0.15, 0.2) is 0 Å². The van der Waals surface area contributed by atoms with E-state index in [1.165, 1.54) is 0 Å². The van der Waals surface area contributed by atoms with E-state index >= 15 is 0 Å². The van der Waals surface area contributed by atoms with Crippen molar-refractivity contribution in [1.29, 1.82) is 0 Å². The van der Waals surface area contributed by atoms with Crippen molar-refractivity contribution < 1.29 is 4.74 Å². The quantitative estimate of drug-likeness (QED) is 0.720. The molecule has 0 amide bonds. The van der Waals surface area contributed by atoms with Crippen LogP contribution in [0.5, 0.6) is 0 Å². The number of benzene rings is 1. The lowest BCUT2D eigenvalue weighted by molar-refractivity contribution is -0.0405. The highest BCUT2D eigenvalue weighted by Crippen LogP contribution is 2.12. The van der Waals surface area contributed by atoms with Crippen LogP contribution in [0.4, 0.5) is 0 Å². The van der Waals surface area contributed by atoms with E-state index in [0.29, 0.717) is 0 Å². The maximum Gasteiger partial charge on any atom is 0.0898 e. The van der Waals surface area contributed by atoms with Crippen LogP contribution in [0.3, 0.4) is 0 Å². The Balaban J connectivity index is 1.37. The molecule has 0 radical (unpaired) electrons. The SMILES string of the molecule is c1ccc(-n2ccc(CN3CCO[C@@H](Cn4cccn4)C3)n2)cc1. The highest BCUT2D eigenvalue weighted by molar-refractivity contribution is 5.30. The zero-order chi connectivity index (χ0) is 16.2. The van der Waals surface area contributed by atoms with Crippen LogP contribution in [0.1, 0.15) is 5.69 Å². The summed E-state index contributed by atoms with van der Waals surface area (Å²) in [5.41, 5.74) is 2.17. The van der Waals surface area contributed by atoms with Gasteiger partial charge in [-0.3, -0.25) is 9.58 Å². The molecular weight excluding hydrogens is 302 g/mol. The summed E-state index contributed by atoms with van der Waals surface area (Å²) in [6.07, 6.45) is 5.97. The molecule has 0 N–H and O–H groups in total. The van der Waals surface area contributed by atoms with Crippen molar-refractivity contribution in [3.8, 4) is 5.69 Å². The van der Waals surface area contributed by atoms with Crippen molar-refractivity contribution in [2.45, 2.75) is 19.2 Å². The molecular formula is C18H21N5O. The lowest BCUT2D eigenvalue weighted by atomic mass is 10.2. The Kier molecular flexibility index (Phi) is 4.40. The first-order chi connectivity index (χ1) is 11.9. The summed E-state index contributed by atoms with van der Waals surface area (Å²) in [6, 6.07) is 14.2. The highest BCUT2D eigenvalue weighted by atomic mass is 16.5. The Labute approximate surface area is 141 Å². The molecule has 4 rings (SSSR count). The lowest BCUT2D eigenvalue weighted by Gasteiger charge is -2.32. The van der Waals surface area contributed by atoms with Gasteiger partial charge in [-0.1, -0.05) is 18.2 Å². The maximum absolute atomic E-state index is 5.87. The van der Waals surface area contributed by atoms with E-state index in [1.54, 1.807) is 6.20 Å². The molecule has 1 aliphatic rings. The topological polar surface area (TPSA) is 48.1 Å². The van der Waals surface area contributed by atoms with Gasteiger partial charge in [0.05, 0.1) is 30.6 Å². The number of para-hydroxylation sites is 1. The average molecular weight is 323 g/mol. The van der Waals surface area contributed by atoms with Crippen LogP contribution in [-0.4, -0.2) is 50.3 Å². The van der Waals surface area contributed by atoms with Gasteiger partial charge in [-0.2, -0.15) is 10.2 Å². The second kappa shape index (κ2) is 6.98. The second-order valence-corrected chi connectivity index (χ2v) is 6.04. The number of rotatable bonds is 5. The van der Waals surface area contributed by atoms with Crippen molar-refractivity contribution >= 4 is 0 Å². The van der Waals surface area contributed by atoms with Crippen molar-refractivity contribution in [3.05, 3.63) is 66.7 Å². The molecule has 24 heavy (non-hydrogen) atoms. The summed E-state index contributed by atoms with van der Waals surface area (Å²) in [5, 5.41) is 8.95. The first-order valence-corrected chi connectivity index (χ1v) is 8.28. The maximum atomic E-state index is 5.87. The standard InChI is InChI=1S/C18H21N5O/c1-2-5-17(6-3-1)23-10-7-16(20-23)13-21-11-12-24-18(14-21)15-22-9-4-8-19-22/h1-10,18H,11-15H2/t18-/m1/s1. The first kappa shape index (κ1) is 15.1. The molecule has 0 unspecified atom stereocenters. The molecule has 124 valence electrons. The molecule has 0 bridgehead atoms. The molecule has 1 aliphatic heterocycles. The molecule has 6 nitrogen and oxygen atoms in total. The van der Waals surface area contributed by atoms with Crippen LogP contribution >= 0.6 is 0 Å². The molecule has 1 atom stereocenters. The molecule has 0 saturated carbocycles. The Morgan fingerprint density at radius 2 is 2.00 bits per heavy atom. The molecule has 1 fully saturated rings. The normalized spacial score (nSPS) is 18.8. The summed E-state index contributed by atoms with van der Waals surface area (Å²) in [7, 11) is 0. The molecule has 0 aliphatic carbocycles. The van der Waals surface area contributed by atoms with E-state index in [4.69, 9.17) is 9.84 Å². The average Bonchev–Trinajstić information content (AvgIpc) is 3.28. The summed E-state index contributed by atoms with van der Waals surface area (Å²) < 4.78 is 9.72. The summed E-state index contributed by atoms with van der Waals surface area (Å²) >= 11 is 0. The van der Waals surface area contributed by atoms with Crippen LogP contribution in [0.2, 0.25) is 0 Å². The van der Waals surface area contributed by atoms with Gasteiger partial charge in [-0.15, -0.1) is 0 Å². The minimum Gasteiger partial charge on any atom is -0.374 e. The molecule has 3 aromatic rings. The van der Waals surface area contributed by atoms with Gasteiger partial charge < -0.3 is 4.74 Å². The molecule has 2 aromatic heterocycles. The Hall–Kier alpha value is -2.44. The predicted octanol–water partition coefficient (Wildman–Crippen LogP) is 1.97. The van der Waals surface area contributed by atoms with Crippen LogP contribution in [0.15, 0.2) is 61.1 Å². The molecule has 1 aromatic carbocycles. The number of aromatic nitrogens is 4. The van der Waals surface area contributed by atoms with Crippen molar-refractivity contribution in [3.63, 3.8) is 0 Å². The van der Waals surface area contributed by atoms with Gasteiger partial charge in [-0.25, -0.2) is 4.68 Å². The second-order valence-electron chi connectivity index (χ2n) is 6.04. The summed E-state index contributed by atoms with van der Waals surface area (Å²) in [5.74, 6) is 0. The van der Waals surface area contributed by atoms with E-state index in [-0.39, 0.29) is 6.10 Å². The molecule has 1 saturated heterocycles. The fourth-order valence-corrected chi connectivity index (χ4v) is 3.05. The number of nitrogens with zero attached hydrogens (tertiary/aromatic N) is 5. The zero-order valence-corrected chi connectivity index (χ0v) is 13.5. The van der Waals surface area contributed by atoms with Gasteiger partial charge >= 0.3 is 0 Å².